The molecule has 4 nitrogen and oxygen atoms in total. The summed E-state index contributed by atoms with van der Waals surface area (Å²) >= 11 is 1.72. The molecule has 1 atom stereocenters. The maximum Gasteiger partial charge on any atom is 0.337 e. The average Bonchev–Trinajstić information content (AvgIpc) is 2.89. The number of carbonyl (C=O) groups is 1. The molecular formula is C12H12Cl2N2O2S. The Labute approximate surface area is 127 Å². The van der Waals surface area contributed by atoms with Gasteiger partial charge in [0.15, 0.2) is 0 Å². The summed E-state index contributed by atoms with van der Waals surface area (Å²) in [6.07, 6.45) is 5.41. The zero-order chi connectivity index (χ0) is 11.8. The average molecular weight is 319 g/mol. The third kappa shape index (κ3) is 2.73. The minimum absolute atomic E-state index is 0. The van der Waals surface area contributed by atoms with Crippen LogP contribution in [0.2, 0.25) is 0 Å². The summed E-state index contributed by atoms with van der Waals surface area (Å²) < 4.78 is 2.02. The third-order valence-electron chi connectivity index (χ3n) is 2.85. The van der Waals surface area contributed by atoms with E-state index in [4.69, 9.17) is 5.11 Å². The minimum Gasteiger partial charge on any atom is -0.478 e. The Morgan fingerprint density at radius 1 is 1.42 bits per heavy atom. The van der Waals surface area contributed by atoms with E-state index < -0.39 is 5.97 Å². The molecule has 0 spiro atoms. The van der Waals surface area contributed by atoms with E-state index in [2.05, 4.69) is 4.98 Å². The number of pyridine rings is 1. The van der Waals surface area contributed by atoms with Gasteiger partial charge in [-0.25, -0.2) is 4.79 Å². The van der Waals surface area contributed by atoms with Crippen LogP contribution in [0.3, 0.4) is 0 Å². The number of nitrogens with zero attached hydrogens (tertiary/aromatic N) is 2. The van der Waals surface area contributed by atoms with Crippen LogP contribution in [-0.4, -0.2) is 20.6 Å². The van der Waals surface area contributed by atoms with Crippen LogP contribution >= 0.6 is 36.6 Å². The second kappa shape index (κ2) is 6.32. The fraction of sp³-hybridized carbons (Fsp3) is 0.167. The van der Waals surface area contributed by atoms with Crippen LogP contribution in [0.1, 0.15) is 27.0 Å². The van der Waals surface area contributed by atoms with Gasteiger partial charge in [-0.2, -0.15) is 0 Å². The van der Waals surface area contributed by atoms with E-state index in [-0.39, 0.29) is 30.2 Å². The van der Waals surface area contributed by atoms with Crippen molar-refractivity contribution in [3.8, 4) is 0 Å². The highest BCUT2D eigenvalue weighted by atomic mass is 35.5. The van der Waals surface area contributed by atoms with E-state index in [1.807, 2.05) is 29.1 Å². The Bertz CT molecular complexity index is 574. The molecule has 1 unspecified atom stereocenters. The lowest BCUT2D eigenvalue weighted by Gasteiger charge is -2.11. The number of halogens is 2. The molecule has 0 amide bonds. The number of aromatic carboxylic acids is 1. The van der Waals surface area contributed by atoms with Crippen molar-refractivity contribution in [2.24, 2.45) is 0 Å². The fourth-order valence-corrected chi connectivity index (χ4v) is 3.37. The monoisotopic (exact) mass is 318 g/mol. The molecule has 0 bridgehead atoms. The first-order valence-electron chi connectivity index (χ1n) is 5.22. The Balaban J connectivity index is 0.000000902. The van der Waals surface area contributed by atoms with Crippen molar-refractivity contribution in [3.63, 3.8) is 0 Å². The van der Waals surface area contributed by atoms with Gasteiger partial charge < -0.3 is 9.67 Å². The van der Waals surface area contributed by atoms with Crippen LogP contribution in [0.25, 0.3) is 0 Å². The number of hydrogen-bond acceptors (Lipinski definition) is 3. The molecule has 102 valence electrons. The van der Waals surface area contributed by atoms with Gasteiger partial charge in [0.25, 0.3) is 0 Å². The Morgan fingerprint density at radius 3 is 2.84 bits per heavy atom. The Kier molecular flexibility index (Phi) is 5.29. The first-order valence-corrected chi connectivity index (χ1v) is 6.27. The first-order chi connectivity index (χ1) is 8.27. The standard InChI is InChI=1S/C12H10N2O2S.2ClH/c15-12(16)9-3-5-14-10(9)7-17-11(14)8-2-1-4-13-6-8;;/h1-6,11H,7H2,(H,15,16);2*1H. The minimum atomic E-state index is -0.855. The van der Waals surface area contributed by atoms with E-state index in [1.165, 1.54) is 0 Å². The van der Waals surface area contributed by atoms with Crippen molar-refractivity contribution >= 4 is 42.5 Å². The van der Waals surface area contributed by atoms with Crippen LogP contribution in [0.4, 0.5) is 0 Å². The van der Waals surface area contributed by atoms with Crippen molar-refractivity contribution in [1.82, 2.24) is 9.55 Å². The lowest BCUT2D eigenvalue weighted by molar-refractivity contribution is 0.0696. The Hall–Kier alpha value is -1.17. The van der Waals surface area contributed by atoms with Crippen molar-refractivity contribution in [2.75, 3.05) is 0 Å². The topological polar surface area (TPSA) is 55.1 Å². The molecule has 0 fully saturated rings. The largest absolute Gasteiger partial charge is 0.478 e. The van der Waals surface area contributed by atoms with Gasteiger partial charge in [0.05, 0.1) is 5.56 Å². The molecule has 19 heavy (non-hydrogen) atoms. The highest BCUT2D eigenvalue weighted by molar-refractivity contribution is 7.99. The van der Waals surface area contributed by atoms with Gasteiger partial charge in [-0.05, 0) is 12.1 Å². The first kappa shape index (κ1) is 15.9. The predicted octanol–water partition coefficient (Wildman–Crippen LogP) is 3.22. The molecule has 1 aliphatic rings. The molecule has 0 aromatic carbocycles. The lowest BCUT2D eigenvalue weighted by atomic mass is 10.2. The highest BCUT2D eigenvalue weighted by Gasteiger charge is 2.28. The Morgan fingerprint density at radius 2 is 2.21 bits per heavy atom. The van der Waals surface area contributed by atoms with Crippen LogP contribution in [-0.2, 0) is 5.75 Å². The predicted molar refractivity (Wildman–Crippen MR) is 79.6 cm³/mol. The fourth-order valence-electron chi connectivity index (χ4n) is 2.06. The number of fused-ring (bicyclic) bond motifs is 1. The van der Waals surface area contributed by atoms with E-state index in [1.54, 1.807) is 24.0 Å². The second-order valence-corrected chi connectivity index (χ2v) is 4.91. The molecular weight excluding hydrogens is 307 g/mol. The number of rotatable bonds is 2. The smallest absolute Gasteiger partial charge is 0.337 e. The van der Waals surface area contributed by atoms with Gasteiger partial charge in [0.2, 0.25) is 0 Å². The van der Waals surface area contributed by atoms with Crippen molar-refractivity contribution < 1.29 is 9.90 Å². The molecule has 0 radical (unpaired) electrons. The van der Waals surface area contributed by atoms with Gasteiger partial charge in [0.1, 0.15) is 5.37 Å². The summed E-state index contributed by atoms with van der Waals surface area (Å²) in [5, 5.41) is 9.20. The SMILES string of the molecule is Cl.Cl.O=C(O)c1ccn2c1CSC2c1cccnc1. The summed E-state index contributed by atoms with van der Waals surface area (Å²) in [5.74, 6) is -0.125. The van der Waals surface area contributed by atoms with Gasteiger partial charge in [-0.1, -0.05) is 6.07 Å². The van der Waals surface area contributed by atoms with Gasteiger partial charge >= 0.3 is 5.97 Å². The molecule has 1 aliphatic heterocycles. The zero-order valence-electron chi connectivity index (χ0n) is 9.72. The molecule has 1 N–H and O–H groups in total. The summed E-state index contributed by atoms with van der Waals surface area (Å²) in [5.41, 5.74) is 2.39. The molecule has 7 heteroatoms. The molecule has 3 rings (SSSR count). The van der Waals surface area contributed by atoms with Gasteiger partial charge in [-0.3, -0.25) is 4.98 Å². The summed E-state index contributed by atoms with van der Waals surface area (Å²) in [6, 6.07) is 5.58. The zero-order valence-corrected chi connectivity index (χ0v) is 12.2. The number of aromatic nitrogens is 2. The normalized spacial score (nSPS) is 16.1. The van der Waals surface area contributed by atoms with Crippen LogP contribution in [0.5, 0.6) is 0 Å². The van der Waals surface area contributed by atoms with Crippen molar-refractivity contribution in [3.05, 3.63) is 53.6 Å². The van der Waals surface area contributed by atoms with Gasteiger partial charge in [-0.15, -0.1) is 36.6 Å². The van der Waals surface area contributed by atoms with E-state index >= 15 is 0 Å². The molecule has 0 saturated heterocycles. The third-order valence-corrected chi connectivity index (χ3v) is 4.11. The summed E-state index contributed by atoms with van der Waals surface area (Å²) in [7, 11) is 0. The summed E-state index contributed by atoms with van der Waals surface area (Å²) in [6.45, 7) is 0. The van der Waals surface area contributed by atoms with Crippen molar-refractivity contribution in [2.45, 2.75) is 11.1 Å². The maximum absolute atomic E-state index is 11.0. The maximum atomic E-state index is 11.0. The van der Waals surface area contributed by atoms with Crippen LogP contribution in [0.15, 0.2) is 36.8 Å². The summed E-state index contributed by atoms with van der Waals surface area (Å²) in [4.78, 5) is 15.1. The molecule has 3 heterocycles. The molecule has 0 saturated carbocycles. The van der Waals surface area contributed by atoms with E-state index in [0.29, 0.717) is 5.56 Å². The number of hydrogen-bond donors (Lipinski definition) is 1. The number of carboxylic acid groups (broad SMARTS) is 1. The molecule has 2 aromatic rings. The quantitative estimate of drug-likeness (QED) is 0.923. The number of thioether (sulfide) groups is 1. The van der Waals surface area contributed by atoms with Gasteiger partial charge in [0, 0.05) is 35.6 Å². The molecule has 2 aromatic heterocycles. The van der Waals surface area contributed by atoms with Crippen molar-refractivity contribution in [1.29, 1.82) is 0 Å². The van der Waals surface area contributed by atoms with E-state index in [0.717, 1.165) is 17.0 Å². The highest BCUT2D eigenvalue weighted by Crippen LogP contribution is 2.41. The van der Waals surface area contributed by atoms with Crippen LogP contribution in [0, 0.1) is 0 Å². The number of carboxylic acids is 1. The van der Waals surface area contributed by atoms with Crippen LogP contribution < -0.4 is 0 Å². The lowest BCUT2D eigenvalue weighted by Crippen LogP contribution is -2.03. The molecule has 0 aliphatic carbocycles. The second-order valence-electron chi connectivity index (χ2n) is 3.84. The van der Waals surface area contributed by atoms with E-state index in [9.17, 15) is 4.79 Å².